The van der Waals surface area contributed by atoms with Gasteiger partial charge >= 0.3 is 0 Å². The number of likely N-dealkylation sites (N-methyl/N-ethyl adjacent to an activating group) is 1. The molecule has 0 radical (unpaired) electrons. The number of hydrogen-bond donors (Lipinski definition) is 0. The van der Waals surface area contributed by atoms with E-state index in [0.717, 1.165) is 19.6 Å². The lowest BCUT2D eigenvalue weighted by Gasteiger charge is -2.25. The zero-order valence-electron chi connectivity index (χ0n) is 12.1. The lowest BCUT2D eigenvalue weighted by Crippen LogP contribution is -2.30. The van der Waals surface area contributed by atoms with Crippen molar-refractivity contribution in [1.82, 2.24) is 9.47 Å². The van der Waals surface area contributed by atoms with Crippen LogP contribution in [0.2, 0.25) is 0 Å². The van der Waals surface area contributed by atoms with Crippen molar-refractivity contribution < 1.29 is 0 Å². The summed E-state index contributed by atoms with van der Waals surface area (Å²) in [5.41, 5.74) is 4.38. The summed E-state index contributed by atoms with van der Waals surface area (Å²) >= 11 is 3.82. The maximum Gasteiger partial charge on any atom is 0.0495 e. The summed E-state index contributed by atoms with van der Waals surface area (Å²) < 4.78 is 3.74. The van der Waals surface area contributed by atoms with E-state index >= 15 is 0 Å². The second-order valence-corrected chi connectivity index (χ2v) is 7.43. The summed E-state index contributed by atoms with van der Waals surface area (Å²) in [5.74, 6) is 0. The molecule has 2 aromatic rings. The number of rotatable bonds is 0. The van der Waals surface area contributed by atoms with Crippen LogP contribution in [0, 0.1) is 0 Å². The van der Waals surface area contributed by atoms with Gasteiger partial charge < -0.3 is 4.57 Å². The summed E-state index contributed by atoms with van der Waals surface area (Å²) in [4.78, 5) is 2.38. The van der Waals surface area contributed by atoms with Crippen LogP contribution in [0.25, 0.3) is 10.9 Å². The maximum atomic E-state index is 3.82. The van der Waals surface area contributed by atoms with Crippen molar-refractivity contribution in [3.63, 3.8) is 0 Å². The molecule has 2 heterocycles. The minimum Gasteiger partial charge on any atom is -0.341 e. The molecule has 0 spiro atoms. The van der Waals surface area contributed by atoms with Crippen LogP contribution >= 0.6 is 15.9 Å². The third kappa shape index (κ3) is 2.13. The Bertz CT molecular complexity index is 634. The van der Waals surface area contributed by atoms with Gasteiger partial charge in [0.05, 0.1) is 0 Å². The molecule has 0 atom stereocenters. The predicted molar refractivity (Wildman–Crippen MR) is 84.7 cm³/mol. The highest BCUT2D eigenvalue weighted by Gasteiger charge is 2.22. The first-order valence-corrected chi connectivity index (χ1v) is 7.67. The second kappa shape index (κ2) is 4.35. The highest BCUT2D eigenvalue weighted by molar-refractivity contribution is 9.10. The Balaban J connectivity index is 2.23. The fourth-order valence-electron chi connectivity index (χ4n) is 2.85. The molecule has 2 nitrogen and oxygen atoms in total. The van der Waals surface area contributed by atoms with Gasteiger partial charge in [0.25, 0.3) is 0 Å². The van der Waals surface area contributed by atoms with Gasteiger partial charge in [0.2, 0.25) is 0 Å². The van der Waals surface area contributed by atoms with Gasteiger partial charge in [0.15, 0.2) is 0 Å². The predicted octanol–water partition coefficient (Wildman–Crippen LogP) is 4.15. The quantitative estimate of drug-likeness (QED) is 0.708. The number of hydrogen-bond acceptors (Lipinski definition) is 1. The van der Waals surface area contributed by atoms with Crippen molar-refractivity contribution in [3.8, 4) is 0 Å². The molecule has 3 heteroatoms. The van der Waals surface area contributed by atoms with E-state index in [4.69, 9.17) is 0 Å². The van der Waals surface area contributed by atoms with Crippen molar-refractivity contribution in [3.05, 3.63) is 33.9 Å². The van der Waals surface area contributed by atoms with E-state index in [1.807, 2.05) is 0 Å². The van der Waals surface area contributed by atoms with Gasteiger partial charge in [-0.25, -0.2) is 0 Å². The van der Waals surface area contributed by atoms with Gasteiger partial charge in [-0.3, -0.25) is 4.90 Å². The highest BCUT2D eigenvalue weighted by Crippen LogP contribution is 2.36. The molecule has 19 heavy (non-hydrogen) atoms. The molecule has 0 unspecified atom stereocenters. The molecular formula is C16H21BrN2. The fourth-order valence-corrected chi connectivity index (χ4v) is 3.51. The van der Waals surface area contributed by atoms with Crippen LogP contribution in [-0.4, -0.2) is 23.1 Å². The molecule has 102 valence electrons. The molecule has 0 N–H and O–H groups in total. The average Bonchev–Trinajstić information content (AvgIpc) is 2.62. The molecule has 0 bridgehead atoms. The van der Waals surface area contributed by atoms with Gasteiger partial charge in [-0.1, -0.05) is 26.8 Å². The third-order valence-corrected chi connectivity index (χ3v) is 4.98. The number of fused-ring (bicyclic) bond motifs is 3. The van der Waals surface area contributed by atoms with Crippen LogP contribution in [0.1, 0.15) is 32.0 Å². The molecule has 1 aliphatic rings. The van der Waals surface area contributed by atoms with Gasteiger partial charge in [-0.15, -0.1) is 0 Å². The summed E-state index contributed by atoms with van der Waals surface area (Å²) in [7, 11) is 2.19. The summed E-state index contributed by atoms with van der Waals surface area (Å²) in [6.07, 6.45) is 0. The second-order valence-electron chi connectivity index (χ2n) is 6.63. The van der Waals surface area contributed by atoms with Crippen molar-refractivity contribution in [2.45, 2.75) is 39.3 Å². The van der Waals surface area contributed by atoms with Gasteiger partial charge in [-0.05, 0) is 46.1 Å². The Morgan fingerprint density at radius 1 is 1.16 bits per heavy atom. The van der Waals surface area contributed by atoms with E-state index in [-0.39, 0.29) is 5.41 Å². The summed E-state index contributed by atoms with van der Waals surface area (Å²) in [6.45, 7) is 10.1. The SMILES string of the molecule is CN1CCn2c(c(Br)c3cc(C(C)(C)C)ccc32)C1. The van der Waals surface area contributed by atoms with Gasteiger partial charge in [-0.2, -0.15) is 0 Å². The molecule has 1 aromatic heterocycles. The van der Waals surface area contributed by atoms with Crippen LogP contribution in [0.5, 0.6) is 0 Å². The fraction of sp³-hybridized carbons (Fsp3) is 0.500. The summed E-state index contributed by atoms with van der Waals surface area (Å²) in [5, 5.41) is 1.36. The molecule has 0 amide bonds. The minimum absolute atomic E-state index is 0.201. The number of benzene rings is 1. The average molecular weight is 321 g/mol. The van der Waals surface area contributed by atoms with Gasteiger partial charge in [0, 0.05) is 40.7 Å². The Morgan fingerprint density at radius 2 is 1.89 bits per heavy atom. The smallest absolute Gasteiger partial charge is 0.0495 e. The van der Waals surface area contributed by atoms with E-state index < -0.39 is 0 Å². The standard InChI is InChI=1S/C16H21BrN2/c1-16(2,3)11-5-6-13-12(9-11)15(17)14-10-18(4)7-8-19(13)14/h5-6,9H,7-8,10H2,1-4H3. The van der Waals surface area contributed by atoms with E-state index in [1.165, 1.54) is 26.6 Å². The highest BCUT2D eigenvalue weighted by atomic mass is 79.9. The van der Waals surface area contributed by atoms with Crippen molar-refractivity contribution in [2.75, 3.05) is 13.6 Å². The number of aromatic nitrogens is 1. The molecule has 1 aromatic carbocycles. The monoisotopic (exact) mass is 320 g/mol. The van der Waals surface area contributed by atoms with Crippen molar-refractivity contribution >= 4 is 26.8 Å². The Kier molecular flexibility index (Phi) is 3.02. The molecular weight excluding hydrogens is 300 g/mol. The van der Waals surface area contributed by atoms with Crippen LogP contribution in [0.3, 0.4) is 0 Å². The third-order valence-electron chi connectivity index (χ3n) is 4.09. The lowest BCUT2D eigenvalue weighted by molar-refractivity contribution is 0.272. The van der Waals surface area contributed by atoms with Crippen LogP contribution in [0.15, 0.2) is 22.7 Å². The maximum absolute atomic E-state index is 3.82. The van der Waals surface area contributed by atoms with Crippen LogP contribution in [0.4, 0.5) is 0 Å². The molecule has 3 rings (SSSR count). The van der Waals surface area contributed by atoms with E-state index in [0.29, 0.717) is 0 Å². The Hall–Kier alpha value is -0.800. The molecule has 1 aliphatic heterocycles. The molecule has 0 fully saturated rings. The first-order chi connectivity index (χ1) is 8.88. The molecule has 0 aliphatic carbocycles. The van der Waals surface area contributed by atoms with Crippen LogP contribution < -0.4 is 0 Å². The first kappa shape index (κ1) is 13.2. The van der Waals surface area contributed by atoms with Gasteiger partial charge in [0.1, 0.15) is 0 Å². The van der Waals surface area contributed by atoms with E-state index in [2.05, 4.69) is 71.4 Å². The zero-order chi connectivity index (χ0) is 13.8. The Labute approximate surface area is 123 Å². The van der Waals surface area contributed by atoms with E-state index in [1.54, 1.807) is 0 Å². The van der Waals surface area contributed by atoms with E-state index in [9.17, 15) is 0 Å². The molecule has 0 saturated heterocycles. The zero-order valence-corrected chi connectivity index (χ0v) is 13.7. The van der Waals surface area contributed by atoms with Crippen LogP contribution in [-0.2, 0) is 18.5 Å². The molecule has 0 saturated carbocycles. The normalized spacial score (nSPS) is 16.9. The Morgan fingerprint density at radius 3 is 2.58 bits per heavy atom. The summed E-state index contributed by atoms with van der Waals surface area (Å²) in [6, 6.07) is 6.92. The largest absolute Gasteiger partial charge is 0.341 e. The minimum atomic E-state index is 0.201. The number of nitrogens with zero attached hydrogens (tertiary/aromatic N) is 2. The number of halogens is 1. The first-order valence-electron chi connectivity index (χ1n) is 6.87. The van der Waals surface area contributed by atoms with Crippen molar-refractivity contribution in [1.29, 1.82) is 0 Å². The lowest BCUT2D eigenvalue weighted by atomic mass is 9.86. The topological polar surface area (TPSA) is 8.17 Å². The van der Waals surface area contributed by atoms with Crippen molar-refractivity contribution in [2.24, 2.45) is 0 Å².